The molecule has 0 amide bonds. The summed E-state index contributed by atoms with van der Waals surface area (Å²) >= 11 is 0. The highest BCUT2D eigenvalue weighted by Gasteiger charge is 2.32. The lowest BCUT2D eigenvalue weighted by atomic mass is 9.87. The quantitative estimate of drug-likeness (QED) is 0.731. The molecule has 3 N–H and O–H groups in total. The van der Waals surface area contributed by atoms with Gasteiger partial charge in [0.15, 0.2) is 0 Å². The van der Waals surface area contributed by atoms with E-state index in [1.165, 1.54) is 42.1 Å². The smallest absolute Gasteiger partial charge is 0.0499 e. The number of hydrogen-bond donors (Lipinski definition) is 3. The zero-order valence-corrected chi connectivity index (χ0v) is 13.6. The summed E-state index contributed by atoms with van der Waals surface area (Å²) in [7, 11) is 0. The second kappa shape index (κ2) is 6.84. The minimum absolute atomic E-state index is 0.148. The van der Waals surface area contributed by atoms with Crippen molar-refractivity contribution in [1.82, 2.24) is 10.3 Å². The van der Waals surface area contributed by atoms with Crippen molar-refractivity contribution in [2.45, 2.75) is 51.5 Å². The van der Waals surface area contributed by atoms with Gasteiger partial charge in [-0.15, -0.1) is 0 Å². The summed E-state index contributed by atoms with van der Waals surface area (Å²) in [6.07, 6.45) is 9.24. The fourth-order valence-corrected chi connectivity index (χ4v) is 3.72. The normalized spacial score (nSPS) is 18.8. The lowest BCUT2D eigenvalue weighted by Gasteiger charge is -2.28. The lowest BCUT2D eigenvalue weighted by Crippen LogP contribution is -2.39. The Kier molecular flexibility index (Phi) is 4.84. The van der Waals surface area contributed by atoms with Crippen LogP contribution < -0.4 is 5.32 Å². The molecule has 1 aliphatic carbocycles. The van der Waals surface area contributed by atoms with Gasteiger partial charge in [-0.3, -0.25) is 0 Å². The third kappa shape index (κ3) is 3.36. The van der Waals surface area contributed by atoms with Crippen LogP contribution in [-0.2, 0) is 6.42 Å². The van der Waals surface area contributed by atoms with Crippen LogP contribution in [-0.4, -0.2) is 29.3 Å². The summed E-state index contributed by atoms with van der Waals surface area (Å²) in [5.41, 5.74) is 2.78. The highest BCUT2D eigenvalue weighted by atomic mass is 16.3. The van der Waals surface area contributed by atoms with Crippen molar-refractivity contribution in [3.8, 4) is 0 Å². The molecule has 1 aromatic carbocycles. The first-order chi connectivity index (χ1) is 10.7. The Labute approximate surface area is 133 Å². The van der Waals surface area contributed by atoms with Gasteiger partial charge in [0, 0.05) is 41.7 Å². The van der Waals surface area contributed by atoms with Gasteiger partial charge in [-0.25, -0.2) is 0 Å². The molecule has 0 aliphatic heterocycles. The average Bonchev–Trinajstić information content (AvgIpc) is 3.19. The minimum atomic E-state index is 0.148. The number of aryl methyl sites for hydroxylation is 1. The van der Waals surface area contributed by atoms with Crippen molar-refractivity contribution in [3.63, 3.8) is 0 Å². The molecule has 2 aromatic rings. The molecule has 1 unspecified atom stereocenters. The van der Waals surface area contributed by atoms with Crippen LogP contribution >= 0.6 is 0 Å². The predicted molar refractivity (Wildman–Crippen MR) is 92.1 cm³/mol. The number of fused-ring (bicyclic) bond motifs is 1. The van der Waals surface area contributed by atoms with Crippen molar-refractivity contribution in [2.75, 3.05) is 13.2 Å². The Morgan fingerprint density at radius 3 is 2.82 bits per heavy atom. The van der Waals surface area contributed by atoms with Crippen LogP contribution in [0.2, 0.25) is 0 Å². The van der Waals surface area contributed by atoms with Crippen molar-refractivity contribution in [1.29, 1.82) is 0 Å². The molecule has 0 radical (unpaired) electrons. The molecule has 1 heterocycles. The fraction of sp³-hybridized carbons (Fsp3) is 0.579. The van der Waals surface area contributed by atoms with Gasteiger partial charge >= 0.3 is 0 Å². The summed E-state index contributed by atoms with van der Waals surface area (Å²) in [6.45, 7) is 3.54. The first kappa shape index (κ1) is 15.6. The molecular formula is C19H28N2O. The van der Waals surface area contributed by atoms with Crippen LogP contribution in [0.15, 0.2) is 30.5 Å². The monoisotopic (exact) mass is 300 g/mol. The molecule has 0 bridgehead atoms. The minimum Gasteiger partial charge on any atom is -0.396 e. The number of aromatic amines is 1. The van der Waals surface area contributed by atoms with Crippen molar-refractivity contribution in [2.24, 2.45) is 5.41 Å². The highest BCUT2D eigenvalue weighted by molar-refractivity contribution is 5.82. The number of benzene rings is 1. The predicted octanol–water partition coefficient (Wildman–Crippen LogP) is 3.63. The van der Waals surface area contributed by atoms with E-state index in [0.717, 1.165) is 19.4 Å². The van der Waals surface area contributed by atoms with Gasteiger partial charge in [0.25, 0.3) is 0 Å². The van der Waals surface area contributed by atoms with Gasteiger partial charge in [-0.1, -0.05) is 31.0 Å². The zero-order chi connectivity index (χ0) is 15.4. The molecular weight excluding hydrogens is 272 g/mol. The molecule has 1 saturated carbocycles. The first-order valence-corrected chi connectivity index (χ1v) is 8.62. The number of aliphatic hydroxyl groups is 1. The van der Waals surface area contributed by atoms with Crippen LogP contribution in [0, 0.1) is 5.41 Å². The summed E-state index contributed by atoms with van der Waals surface area (Å²) < 4.78 is 0. The first-order valence-electron chi connectivity index (χ1n) is 8.62. The topological polar surface area (TPSA) is 48.0 Å². The maximum atomic E-state index is 9.68. The van der Waals surface area contributed by atoms with Gasteiger partial charge in [-0.2, -0.15) is 0 Å². The number of H-pyrrole nitrogens is 1. The Bertz CT molecular complexity index is 598. The number of rotatable bonds is 7. The van der Waals surface area contributed by atoms with E-state index >= 15 is 0 Å². The zero-order valence-electron chi connectivity index (χ0n) is 13.6. The third-order valence-corrected chi connectivity index (χ3v) is 5.35. The summed E-state index contributed by atoms with van der Waals surface area (Å²) in [5, 5.41) is 14.7. The van der Waals surface area contributed by atoms with Crippen molar-refractivity contribution in [3.05, 3.63) is 36.0 Å². The van der Waals surface area contributed by atoms with Crippen LogP contribution in [0.4, 0.5) is 0 Å². The van der Waals surface area contributed by atoms with E-state index in [2.05, 4.69) is 47.7 Å². The molecule has 1 aliphatic rings. The molecule has 1 fully saturated rings. The third-order valence-electron chi connectivity index (χ3n) is 5.35. The largest absolute Gasteiger partial charge is 0.396 e. The van der Waals surface area contributed by atoms with Gasteiger partial charge in [0.2, 0.25) is 0 Å². The van der Waals surface area contributed by atoms with Gasteiger partial charge in [0.1, 0.15) is 0 Å². The van der Waals surface area contributed by atoms with Crippen LogP contribution in [0.3, 0.4) is 0 Å². The number of nitrogens with one attached hydrogen (secondary N) is 2. The van der Waals surface area contributed by atoms with E-state index in [1.54, 1.807) is 0 Å². The van der Waals surface area contributed by atoms with E-state index in [0.29, 0.717) is 12.6 Å². The van der Waals surface area contributed by atoms with Crippen LogP contribution in [0.1, 0.15) is 44.6 Å². The van der Waals surface area contributed by atoms with Crippen molar-refractivity contribution >= 4 is 10.9 Å². The summed E-state index contributed by atoms with van der Waals surface area (Å²) in [6, 6.07) is 8.98. The SMILES string of the molecule is CC(CCc1c[nH]c2ccccc12)NCC1(CO)CCCC1. The van der Waals surface area contributed by atoms with E-state index in [9.17, 15) is 5.11 Å². The molecule has 3 rings (SSSR count). The van der Waals surface area contributed by atoms with E-state index < -0.39 is 0 Å². The standard InChI is InChI=1S/C19H28N2O/c1-15(21-13-19(14-22)10-4-5-11-19)8-9-16-12-20-18-7-3-2-6-17(16)18/h2-3,6-7,12,15,20-22H,4-5,8-11,13-14H2,1H3. The number of para-hydroxylation sites is 1. The molecule has 0 saturated heterocycles. The fourth-order valence-electron chi connectivity index (χ4n) is 3.72. The van der Waals surface area contributed by atoms with E-state index in [4.69, 9.17) is 0 Å². The Morgan fingerprint density at radius 1 is 1.27 bits per heavy atom. The summed E-state index contributed by atoms with van der Waals surface area (Å²) in [5.74, 6) is 0. The molecule has 3 nitrogen and oxygen atoms in total. The molecule has 1 atom stereocenters. The van der Waals surface area contributed by atoms with Crippen molar-refractivity contribution < 1.29 is 5.11 Å². The second-order valence-corrected chi connectivity index (χ2v) is 7.05. The van der Waals surface area contributed by atoms with Crippen LogP contribution in [0.5, 0.6) is 0 Å². The average molecular weight is 300 g/mol. The van der Waals surface area contributed by atoms with Gasteiger partial charge in [0.05, 0.1) is 0 Å². The Balaban J connectivity index is 1.51. The second-order valence-electron chi connectivity index (χ2n) is 7.05. The number of aromatic nitrogens is 1. The van der Waals surface area contributed by atoms with Crippen LogP contribution in [0.25, 0.3) is 10.9 Å². The molecule has 22 heavy (non-hydrogen) atoms. The molecule has 120 valence electrons. The van der Waals surface area contributed by atoms with Gasteiger partial charge in [-0.05, 0) is 44.2 Å². The maximum Gasteiger partial charge on any atom is 0.0499 e. The lowest BCUT2D eigenvalue weighted by molar-refractivity contribution is 0.125. The maximum absolute atomic E-state index is 9.68. The number of aliphatic hydroxyl groups excluding tert-OH is 1. The van der Waals surface area contributed by atoms with E-state index in [-0.39, 0.29) is 5.41 Å². The summed E-state index contributed by atoms with van der Waals surface area (Å²) in [4.78, 5) is 3.35. The molecule has 1 aromatic heterocycles. The number of hydrogen-bond acceptors (Lipinski definition) is 2. The Morgan fingerprint density at radius 2 is 2.05 bits per heavy atom. The Hall–Kier alpha value is -1.32. The molecule has 0 spiro atoms. The van der Waals surface area contributed by atoms with Gasteiger partial charge < -0.3 is 15.4 Å². The molecule has 3 heteroatoms. The highest BCUT2D eigenvalue weighted by Crippen LogP contribution is 2.37. The van der Waals surface area contributed by atoms with E-state index in [1.807, 2.05) is 0 Å².